The van der Waals surface area contributed by atoms with Crippen molar-refractivity contribution in [2.75, 3.05) is 7.11 Å². The number of benzene rings is 1. The van der Waals surface area contributed by atoms with Gasteiger partial charge in [0, 0.05) is 24.0 Å². The summed E-state index contributed by atoms with van der Waals surface area (Å²) in [5.74, 6) is 0.284. The third-order valence-corrected chi connectivity index (χ3v) is 3.52. The van der Waals surface area contributed by atoms with E-state index in [1.807, 2.05) is 23.6 Å². The van der Waals surface area contributed by atoms with Crippen LogP contribution in [0.4, 0.5) is 5.69 Å². The first-order chi connectivity index (χ1) is 9.20. The van der Waals surface area contributed by atoms with E-state index < -0.39 is 4.92 Å². The number of hydrogen-bond donors (Lipinski definition) is 1. The number of nitro groups is 1. The lowest BCUT2D eigenvalue weighted by molar-refractivity contribution is -0.385. The van der Waals surface area contributed by atoms with E-state index in [4.69, 9.17) is 4.74 Å². The van der Waals surface area contributed by atoms with Gasteiger partial charge >= 0.3 is 5.69 Å². The minimum atomic E-state index is -0.429. The minimum absolute atomic E-state index is 0.00192. The lowest BCUT2D eigenvalue weighted by atomic mass is 10.2. The van der Waals surface area contributed by atoms with Crippen molar-refractivity contribution in [3.63, 3.8) is 0 Å². The Hall–Kier alpha value is -1.92. The highest BCUT2D eigenvalue weighted by Crippen LogP contribution is 2.27. The molecule has 0 spiro atoms. The van der Waals surface area contributed by atoms with Crippen LogP contribution in [0.25, 0.3) is 0 Å². The van der Waals surface area contributed by atoms with Crippen LogP contribution in [0.2, 0.25) is 0 Å². The SMILES string of the molecule is COc1ccc(CNCc2cccs2)cc1[N+](=O)[O-]. The molecule has 0 aliphatic rings. The molecular weight excluding hydrogens is 264 g/mol. The third kappa shape index (κ3) is 3.52. The Morgan fingerprint density at radius 3 is 2.84 bits per heavy atom. The van der Waals surface area contributed by atoms with Crippen LogP contribution in [0.3, 0.4) is 0 Å². The van der Waals surface area contributed by atoms with Crippen LogP contribution >= 0.6 is 11.3 Å². The zero-order valence-electron chi connectivity index (χ0n) is 10.5. The minimum Gasteiger partial charge on any atom is -0.490 e. The molecule has 5 nitrogen and oxygen atoms in total. The molecule has 0 unspecified atom stereocenters. The Morgan fingerprint density at radius 1 is 1.37 bits per heavy atom. The highest BCUT2D eigenvalue weighted by Gasteiger charge is 2.14. The van der Waals surface area contributed by atoms with E-state index in [-0.39, 0.29) is 11.4 Å². The zero-order chi connectivity index (χ0) is 13.7. The van der Waals surface area contributed by atoms with Gasteiger partial charge in [-0.05, 0) is 23.1 Å². The Balaban J connectivity index is 2.00. The summed E-state index contributed by atoms with van der Waals surface area (Å²) in [4.78, 5) is 11.7. The number of hydrogen-bond acceptors (Lipinski definition) is 5. The van der Waals surface area contributed by atoms with E-state index in [1.54, 1.807) is 23.5 Å². The van der Waals surface area contributed by atoms with E-state index >= 15 is 0 Å². The van der Waals surface area contributed by atoms with Crippen LogP contribution in [0.15, 0.2) is 35.7 Å². The van der Waals surface area contributed by atoms with Gasteiger partial charge in [0.2, 0.25) is 0 Å². The molecule has 0 bridgehead atoms. The van der Waals surface area contributed by atoms with Crippen molar-refractivity contribution in [3.05, 3.63) is 56.3 Å². The van der Waals surface area contributed by atoms with E-state index in [9.17, 15) is 10.1 Å². The fourth-order valence-electron chi connectivity index (χ4n) is 1.73. The highest BCUT2D eigenvalue weighted by molar-refractivity contribution is 7.09. The lowest BCUT2D eigenvalue weighted by Crippen LogP contribution is -2.11. The molecule has 0 aliphatic carbocycles. The largest absolute Gasteiger partial charge is 0.490 e. The fraction of sp³-hybridized carbons (Fsp3) is 0.231. The van der Waals surface area contributed by atoms with E-state index in [2.05, 4.69) is 5.32 Å². The van der Waals surface area contributed by atoms with Crippen LogP contribution in [-0.4, -0.2) is 12.0 Å². The number of nitrogens with one attached hydrogen (secondary N) is 1. The van der Waals surface area contributed by atoms with E-state index in [1.165, 1.54) is 12.0 Å². The summed E-state index contributed by atoms with van der Waals surface area (Å²) in [6.07, 6.45) is 0. The molecule has 0 radical (unpaired) electrons. The average molecular weight is 278 g/mol. The maximum atomic E-state index is 10.9. The predicted octanol–water partition coefficient (Wildman–Crippen LogP) is 2.95. The van der Waals surface area contributed by atoms with Gasteiger partial charge < -0.3 is 10.1 Å². The Bertz CT molecular complexity index is 555. The van der Waals surface area contributed by atoms with Gasteiger partial charge in [-0.25, -0.2) is 0 Å². The maximum absolute atomic E-state index is 10.9. The van der Waals surface area contributed by atoms with Gasteiger partial charge in [0.15, 0.2) is 5.75 Å². The standard InChI is InChI=1S/C13H14N2O3S/c1-18-13-5-4-10(7-12(13)15(16)17)8-14-9-11-3-2-6-19-11/h2-7,14H,8-9H2,1H3. The van der Waals surface area contributed by atoms with Crippen molar-refractivity contribution in [1.82, 2.24) is 5.32 Å². The Kier molecular flexibility index (Phi) is 4.48. The average Bonchev–Trinajstić information content (AvgIpc) is 2.91. The number of rotatable bonds is 6. The molecule has 0 atom stereocenters. The van der Waals surface area contributed by atoms with E-state index in [0.717, 1.165) is 12.1 Å². The maximum Gasteiger partial charge on any atom is 0.311 e. The monoisotopic (exact) mass is 278 g/mol. The molecule has 0 amide bonds. The van der Waals surface area contributed by atoms with Crippen molar-refractivity contribution in [1.29, 1.82) is 0 Å². The smallest absolute Gasteiger partial charge is 0.311 e. The molecule has 19 heavy (non-hydrogen) atoms. The first-order valence-corrected chi connectivity index (χ1v) is 6.63. The van der Waals surface area contributed by atoms with Gasteiger partial charge in [0.25, 0.3) is 0 Å². The van der Waals surface area contributed by atoms with Crippen molar-refractivity contribution >= 4 is 17.0 Å². The first kappa shape index (κ1) is 13.5. The summed E-state index contributed by atoms with van der Waals surface area (Å²) in [5.41, 5.74) is 0.863. The lowest BCUT2D eigenvalue weighted by Gasteiger charge is -2.06. The van der Waals surface area contributed by atoms with Gasteiger partial charge in [-0.1, -0.05) is 12.1 Å². The number of nitro benzene ring substituents is 1. The summed E-state index contributed by atoms with van der Waals surface area (Å²) >= 11 is 1.68. The number of ether oxygens (including phenoxy) is 1. The molecule has 1 aromatic heterocycles. The first-order valence-electron chi connectivity index (χ1n) is 5.75. The second-order valence-electron chi connectivity index (χ2n) is 3.95. The molecule has 0 aliphatic heterocycles. The van der Waals surface area contributed by atoms with Gasteiger partial charge in [-0.3, -0.25) is 10.1 Å². The topological polar surface area (TPSA) is 64.4 Å². The summed E-state index contributed by atoms with van der Waals surface area (Å²) in [5, 5.41) is 16.2. The molecule has 2 aromatic rings. The van der Waals surface area contributed by atoms with Gasteiger partial charge in [-0.2, -0.15) is 0 Å². The van der Waals surface area contributed by atoms with Crippen molar-refractivity contribution < 1.29 is 9.66 Å². The van der Waals surface area contributed by atoms with Gasteiger partial charge in [0.05, 0.1) is 12.0 Å². The molecule has 1 aromatic carbocycles. The van der Waals surface area contributed by atoms with Crippen molar-refractivity contribution in [3.8, 4) is 5.75 Å². The second kappa shape index (κ2) is 6.31. The Labute approximate surface area is 115 Å². The molecule has 0 fully saturated rings. The van der Waals surface area contributed by atoms with Crippen molar-refractivity contribution in [2.45, 2.75) is 13.1 Å². The normalized spacial score (nSPS) is 10.4. The molecular formula is C13H14N2O3S. The molecule has 6 heteroatoms. The van der Waals surface area contributed by atoms with Crippen LogP contribution in [-0.2, 0) is 13.1 Å². The van der Waals surface area contributed by atoms with Crippen molar-refractivity contribution in [2.24, 2.45) is 0 Å². The number of nitrogens with zero attached hydrogens (tertiary/aromatic N) is 1. The van der Waals surface area contributed by atoms with Crippen LogP contribution in [0.5, 0.6) is 5.75 Å². The number of methoxy groups -OCH3 is 1. The third-order valence-electron chi connectivity index (χ3n) is 2.65. The van der Waals surface area contributed by atoms with Crippen LogP contribution in [0.1, 0.15) is 10.4 Å². The summed E-state index contributed by atoms with van der Waals surface area (Å²) in [6.45, 7) is 1.35. The van der Waals surface area contributed by atoms with Crippen LogP contribution in [0, 0.1) is 10.1 Å². The summed E-state index contributed by atoms with van der Waals surface area (Å²) in [7, 11) is 1.43. The zero-order valence-corrected chi connectivity index (χ0v) is 11.3. The molecule has 1 heterocycles. The summed E-state index contributed by atoms with van der Waals surface area (Å²) in [6, 6.07) is 9.04. The van der Waals surface area contributed by atoms with Crippen LogP contribution < -0.4 is 10.1 Å². The Morgan fingerprint density at radius 2 is 2.21 bits per heavy atom. The van der Waals surface area contributed by atoms with Gasteiger partial charge in [0.1, 0.15) is 0 Å². The molecule has 0 saturated heterocycles. The molecule has 2 rings (SSSR count). The quantitative estimate of drug-likeness (QED) is 0.651. The van der Waals surface area contributed by atoms with E-state index in [0.29, 0.717) is 6.54 Å². The number of thiophene rings is 1. The predicted molar refractivity (Wildman–Crippen MR) is 74.5 cm³/mol. The van der Waals surface area contributed by atoms with Gasteiger partial charge in [-0.15, -0.1) is 11.3 Å². The second-order valence-corrected chi connectivity index (χ2v) is 4.98. The molecule has 1 N–H and O–H groups in total. The fourth-order valence-corrected chi connectivity index (χ4v) is 2.41. The summed E-state index contributed by atoms with van der Waals surface area (Å²) < 4.78 is 4.96. The highest BCUT2D eigenvalue weighted by atomic mass is 32.1. The molecule has 0 saturated carbocycles. The molecule has 100 valence electrons.